The van der Waals surface area contributed by atoms with Crippen molar-refractivity contribution < 1.29 is 8.42 Å². The minimum atomic E-state index is -3.59. The van der Waals surface area contributed by atoms with E-state index in [1.54, 1.807) is 42.9 Å². The summed E-state index contributed by atoms with van der Waals surface area (Å²) < 4.78 is 30.1. The first-order valence-corrected chi connectivity index (χ1v) is 11.6. The van der Waals surface area contributed by atoms with Gasteiger partial charge in [-0.1, -0.05) is 73.3 Å². The Hall–Kier alpha value is -3.22. The zero-order valence-electron chi connectivity index (χ0n) is 17.6. The van der Waals surface area contributed by atoms with E-state index in [0.717, 1.165) is 16.8 Å². The molecule has 31 heavy (non-hydrogen) atoms. The number of nitrogens with zero attached hydrogens (tertiary/aromatic N) is 2. The summed E-state index contributed by atoms with van der Waals surface area (Å²) in [6.07, 6.45) is 11.6. The van der Waals surface area contributed by atoms with E-state index in [-0.39, 0.29) is 4.90 Å². The Balaban J connectivity index is 1.63. The highest BCUT2D eigenvalue weighted by atomic mass is 32.2. The van der Waals surface area contributed by atoms with Crippen molar-refractivity contribution in [2.45, 2.75) is 24.8 Å². The van der Waals surface area contributed by atoms with Crippen LogP contribution < -0.4 is 4.72 Å². The van der Waals surface area contributed by atoms with Crippen LogP contribution in [0.15, 0.2) is 103 Å². The van der Waals surface area contributed by atoms with Crippen LogP contribution in [0.25, 0.3) is 5.57 Å². The van der Waals surface area contributed by atoms with Gasteiger partial charge in [-0.2, -0.15) is 0 Å². The van der Waals surface area contributed by atoms with E-state index >= 15 is 0 Å². The Morgan fingerprint density at radius 2 is 1.87 bits per heavy atom. The molecule has 0 aliphatic rings. The predicted molar refractivity (Wildman–Crippen MR) is 126 cm³/mol. The van der Waals surface area contributed by atoms with Crippen molar-refractivity contribution in [3.63, 3.8) is 0 Å². The molecule has 0 radical (unpaired) electrons. The summed E-state index contributed by atoms with van der Waals surface area (Å²) in [5, 5.41) is 0. The highest BCUT2D eigenvalue weighted by Crippen LogP contribution is 2.19. The average Bonchev–Trinajstić information content (AvgIpc) is 3.21. The number of nitrogens with one attached hydrogen (secondary N) is 1. The zero-order chi connectivity index (χ0) is 22.1. The van der Waals surface area contributed by atoms with Crippen molar-refractivity contribution in [3.8, 4) is 0 Å². The molecule has 0 amide bonds. The molecule has 6 heteroatoms. The molecule has 0 aliphatic carbocycles. The van der Waals surface area contributed by atoms with E-state index in [1.807, 2.05) is 47.9 Å². The molecule has 0 saturated carbocycles. The Kier molecular flexibility index (Phi) is 7.76. The monoisotopic (exact) mass is 433 g/mol. The van der Waals surface area contributed by atoms with Crippen LogP contribution >= 0.6 is 0 Å². The first-order valence-electron chi connectivity index (χ1n) is 10.1. The van der Waals surface area contributed by atoms with Gasteiger partial charge in [0.15, 0.2) is 0 Å². The molecule has 1 aromatic heterocycles. The second-order valence-corrected chi connectivity index (χ2v) is 8.80. The third-order valence-corrected chi connectivity index (χ3v) is 6.29. The van der Waals surface area contributed by atoms with Crippen LogP contribution in [-0.4, -0.2) is 24.5 Å². The lowest BCUT2D eigenvalue weighted by molar-refractivity contribution is 0.580. The van der Waals surface area contributed by atoms with Crippen LogP contribution in [0.3, 0.4) is 0 Å². The summed E-state index contributed by atoms with van der Waals surface area (Å²) in [4.78, 5) is 4.46. The molecule has 3 rings (SSSR count). The van der Waals surface area contributed by atoms with Gasteiger partial charge in [-0.3, -0.25) is 0 Å². The van der Waals surface area contributed by atoms with Crippen LogP contribution in [-0.2, 0) is 23.0 Å². The van der Waals surface area contributed by atoms with Gasteiger partial charge in [0.1, 0.15) is 0 Å². The number of hydrogen-bond donors (Lipinski definition) is 1. The molecule has 1 N–H and O–H groups in total. The molecule has 0 atom stereocenters. The van der Waals surface area contributed by atoms with Gasteiger partial charge in [0.05, 0.1) is 11.2 Å². The lowest BCUT2D eigenvalue weighted by Gasteiger charge is -2.10. The molecule has 1 heterocycles. The molecule has 0 unspecified atom stereocenters. The summed E-state index contributed by atoms with van der Waals surface area (Å²) in [6.45, 7) is 6.66. The Bertz CT molecular complexity index is 1160. The predicted octanol–water partition coefficient (Wildman–Crippen LogP) is 4.60. The number of rotatable bonds is 10. The molecular weight excluding hydrogens is 406 g/mol. The third kappa shape index (κ3) is 6.13. The fraction of sp³-hybridized carbons (Fsp3) is 0.160. The fourth-order valence-corrected chi connectivity index (χ4v) is 4.29. The molecular formula is C25H27N3O2S. The first kappa shape index (κ1) is 22.5. The highest BCUT2D eigenvalue weighted by molar-refractivity contribution is 7.89. The van der Waals surface area contributed by atoms with Crippen LogP contribution in [0.4, 0.5) is 0 Å². The number of benzene rings is 2. The Morgan fingerprint density at radius 3 is 2.55 bits per heavy atom. The third-order valence-electron chi connectivity index (χ3n) is 4.81. The summed E-state index contributed by atoms with van der Waals surface area (Å²) >= 11 is 0. The molecule has 3 aromatic rings. The standard InChI is InChI=1S/C25H27N3O2S/c1-3-8-22(9-4-2)23-12-14-25(15-13-23)31(29,30)27-17-16-24-18-26-20-28(24)19-21-10-6-5-7-11-21/h3-15,18,20,27H,1,16-17,19H2,2H3/b9-4-,22-8+. The molecule has 0 spiro atoms. The molecule has 0 aliphatic heterocycles. The van der Waals surface area contributed by atoms with Crippen molar-refractivity contribution in [2.75, 3.05) is 6.54 Å². The molecule has 0 fully saturated rings. The van der Waals surface area contributed by atoms with Gasteiger partial charge in [0, 0.05) is 31.4 Å². The summed E-state index contributed by atoms with van der Waals surface area (Å²) in [7, 11) is -3.59. The van der Waals surface area contributed by atoms with Crippen LogP contribution in [0, 0.1) is 0 Å². The molecule has 160 valence electrons. The normalized spacial score (nSPS) is 12.4. The van der Waals surface area contributed by atoms with Gasteiger partial charge in [-0.25, -0.2) is 18.1 Å². The lowest BCUT2D eigenvalue weighted by atomic mass is 10.1. The average molecular weight is 434 g/mol. The number of aromatic nitrogens is 2. The van der Waals surface area contributed by atoms with Crippen LogP contribution in [0.2, 0.25) is 0 Å². The van der Waals surface area contributed by atoms with Gasteiger partial charge < -0.3 is 4.57 Å². The maximum absolute atomic E-state index is 12.7. The minimum absolute atomic E-state index is 0.243. The van der Waals surface area contributed by atoms with E-state index in [0.29, 0.717) is 19.5 Å². The van der Waals surface area contributed by atoms with E-state index in [1.165, 1.54) is 5.56 Å². The Labute approximate surface area is 184 Å². The zero-order valence-corrected chi connectivity index (χ0v) is 18.4. The summed E-state index contributed by atoms with van der Waals surface area (Å²) in [5.74, 6) is 0. The maximum atomic E-state index is 12.7. The molecule has 0 bridgehead atoms. The van der Waals surface area contributed by atoms with Crippen molar-refractivity contribution >= 4 is 15.6 Å². The number of imidazole rings is 1. The van der Waals surface area contributed by atoms with E-state index < -0.39 is 10.0 Å². The largest absolute Gasteiger partial charge is 0.330 e. The second kappa shape index (κ2) is 10.7. The quantitative estimate of drug-likeness (QED) is 0.475. The molecule has 0 saturated heterocycles. The maximum Gasteiger partial charge on any atom is 0.240 e. The van der Waals surface area contributed by atoms with Gasteiger partial charge in [0.25, 0.3) is 0 Å². The first-order chi connectivity index (χ1) is 15.0. The van der Waals surface area contributed by atoms with Crippen LogP contribution in [0.5, 0.6) is 0 Å². The smallest absolute Gasteiger partial charge is 0.240 e. The van der Waals surface area contributed by atoms with E-state index in [4.69, 9.17) is 0 Å². The fourth-order valence-electron chi connectivity index (χ4n) is 3.26. The van der Waals surface area contributed by atoms with E-state index in [9.17, 15) is 8.42 Å². The van der Waals surface area contributed by atoms with E-state index in [2.05, 4.69) is 28.4 Å². The van der Waals surface area contributed by atoms with Crippen LogP contribution in [0.1, 0.15) is 23.7 Å². The van der Waals surface area contributed by atoms with Gasteiger partial charge in [-0.05, 0) is 35.8 Å². The number of hydrogen-bond acceptors (Lipinski definition) is 3. The molecule has 5 nitrogen and oxygen atoms in total. The lowest BCUT2D eigenvalue weighted by Crippen LogP contribution is -2.26. The van der Waals surface area contributed by atoms with Gasteiger partial charge >= 0.3 is 0 Å². The molecule has 2 aromatic carbocycles. The topological polar surface area (TPSA) is 64.0 Å². The van der Waals surface area contributed by atoms with Gasteiger partial charge in [0.2, 0.25) is 10.0 Å². The van der Waals surface area contributed by atoms with Crippen molar-refractivity contribution in [3.05, 3.63) is 115 Å². The van der Waals surface area contributed by atoms with Gasteiger partial charge in [-0.15, -0.1) is 0 Å². The summed E-state index contributed by atoms with van der Waals surface area (Å²) in [5.41, 5.74) is 4.06. The number of sulfonamides is 1. The SMILES string of the molecule is C=C/C=C(\C=C/C)c1ccc(S(=O)(=O)NCCc2cncn2Cc2ccccc2)cc1. The van der Waals surface area contributed by atoms with Crippen molar-refractivity contribution in [1.29, 1.82) is 0 Å². The Morgan fingerprint density at radius 1 is 1.13 bits per heavy atom. The summed E-state index contributed by atoms with van der Waals surface area (Å²) in [6, 6.07) is 17.0. The van der Waals surface area contributed by atoms with Crippen molar-refractivity contribution in [1.82, 2.24) is 14.3 Å². The van der Waals surface area contributed by atoms with Crippen molar-refractivity contribution in [2.24, 2.45) is 0 Å². The number of allylic oxidation sites excluding steroid dienone is 5. The highest BCUT2D eigenvalue weighted by Gasteiger charge is 2.14. The minimum Gasteiger partial charge on any atom is -0.330 e. The second-order valence-electron chi connectivity index (χ2n) is 7.03.